The molecular weight excluding hydrogens is 379 g/mol. The Morgan fingerprint density at radius 2 is 1.76 bits per heavy atom. The molecule has 0 aromatic rings. The predicted octanol–water partition coefficient (Wildman–Crippen LogP) is 3.98. The lowest BCUT2D eigenvalue weighted by atomic mass is 9.70. The largest absolute Gasteiger partial charge is 0.460 e. The second kappa shape index (κ2) is 5.75. The molecule has 1 amide bonds. The average molecular weight is 395 g/mol. The molecule has 25 heavy (non-hydrogen) atoms. The van der Waals surface area contributed by atoms with Gasteiger partial charge in [-0.15, -0.1) is 0 Å². The van der Waals surface area contributed by atoms with Crippen LogP contribution in [0.25, 0.3) is 0 Å². The molecule has 0 heterocycles. The van der Waals surface area contributed by atoms with Gasteiger partial charge in [-0.3, -0.25) is 14.3 Å². The van der Waals surface area contributed by atoms with E-state index in [0.29, 0.717) is 12.8 Å². The Hall–Kier alpha value is -1.00. The second-order valence-corrected chi connectivity index (χ2v) is 7.81. The molecule has 144 valence electrons. The van der Waals surface area contributed by atoms with Crippen LogP contribution in [0, 0.1) is 16.7 Å². The number of ketones is 1. The molecule has 2 bridgehead atoms. The Balaban J connectivity index is 2.05. The third-order valence-electron chi connectivity index (χ3n) is 5.66. The van der Waals surface area contributed by atoms with Crippen LogP contribution in [0.3, 0.4) is 0 Å². The van der Waals surface area contributed by atoms with E-state index in [2.05, 4.69) is 0 Å². The smallest absolute Gasteiger partial charge is 0.299 e. The first-order valence-electron chi connectivity index (χ1n) is 7.39. The van der Waals surface area contributed by atoms with Crippen LogP contribution in [-0.4, -0.2) is 35.5 Å². The first kappa shape index (κ1) is 20.3. The minimum Gasteiger partial charge on any atom is -0.299 e. The van der Waals surface area contributed by atoms with Gasteiger partial charge >= 0.3 is 23.9 Å². The molecule has 2 rings (SSSR count). The van der Waals surface area contributed by atoms with Gasteiger partial charge in [0.15, 0.2) is 0 Å². The molecule has 11 heteroatoms. The lowest BCUT2D eigenvalue weighted by Crippen LogP contribution is -2.58. The van der Waals surface area contributed by atoms with E-state index >= 15 is 0 Å². The van der Waals surface area contributed by atoms with Crippen LogP contribution in [0.1, 0.15) is 33.1 Å². The third kappa shape index (κ3) is 2.73. The first-order valence-corrected chi connectivity index (χ1v) is 8.38. The highest BCUT2D eigenvalue weighted by Crippen LogP contribution is 2.64. The Morgan fingerprint density at radius 1 is 1.20 bits per heavy atom. The van der Waals surface area contributed by atoms with E-state index in [0.717, 1.165) is 6.42 Å². The van der Waals surface area contributed by atoms with Crippen molar-refractivity contribution in [3.8, 4) is 0 Å². The van der Waals surface area contributed by atoms with Crippen LogP contribution in [0.2, 0.25) is 0 Å². The molecule has 0 spiro atoms. The summed E-state index contributed by atoms with van der Waals surface area (Å²) >= 11 is 0.267. The van der Waals surface area contributed by atoms with Crippen LogP contribution in [-0.2, 0) is 9.59 Å². The summed E-state index contributed by atoms with van der Waals surface area (Å²) in [5.41, 5.74) is -1.36. The molecule has 2 saturated carbocycles. The maximum absolute atomic E-state index is 13.2. The molecule has 2 aliphatic rings. The third-order valence-corrected chi connectivity index (χ3v) is 6.62. The molecule has 2 atom stereocenters. The lowest BCUT2D eigenvalue weighted by Gasteiger charge is -2.36. The summed E-state index contributed by atoms with van der Waals surface area (Å²) in [4.78, 5) is 23.4. The topological polar surface area (TPSA) is 46.2 Å². The molecule has 1 N–H and O–H groups in total. The fourth-order valence-corrected chi connectivity index (χ4v) is 4.97. The SMILES string of the molecule is CC1(C)C2CCC1(CSNC(=O)C(F)(F)C(F)(F)C(F)(F)F)C(=O)C2. The standard InChI is InChI=1S/C14H16F7NO2S/c1-10(2)7-3-4-11(10,8(23)5-7)6-25-22-9(24)12(15,16)13(17,18)14(19,20)21/h7H,3-6H2,1-2H3,(H,22,24). The van der Waals surface area contributed by atoms with Crippen molar-refractivity contribution < 1.29 is 40.3 Å². The number of nitrogens with one attached hydrogen (secondary N) is 1. The number of halogens is 7. The summed E-state index contributed by atoms with van der Waals surface area (Å²) in [6.45, 7) is 3.65. The van der Waals surface area contributed by atoms with Gasteiger partial charge in [0.25, 0.3) is 0 Å². The molecule has 0 aliphatic heterocycles. The summed E-state index contributed by atoms with van der Waals surface area (Å²) in [6.07, 6.45) is -5.07. The molecule has 3 nitrogen and oxygen atoms in total. The van der Waals surface area contributed by atoms with Crippen molar-refractivity contribution in [2.45, 2.75) is 51.1 Å². The van der Waals surface area contributed by atoms with Crippen LogP contribution in [0.15, 0.2) is 0 Å². The Kier molecular flexibility index (Phi) is 4.67. The number of fused-ring (bicyclic) bond motifs is 2. The van der Waals surface area contributed by atoms with Crippen molar-refractivity contribution in [3.05, 3.63) is 0 Å². The van der Waals surface area contributed by atoms with Crippen molar-refractivity contribution in [3.63, 3.8) is 0 Å². The minimum absolute atomic E-state index is 0.104. The van der Waals surface area contributed by atoms with Gasteiger partial charge in [-0.2, -0.15) is 30.7 Å². The fourth-order valence-electron chi connectivity index (χ4n) is 3.72. The van der Waals surface area contributed by atoms with Gasteiger partial charge in [-0.1, -0.05) is 13.8 Å². The highest BCUT2D eigenvalue weighted by Gasteiger charge is 2.76. The normalized spacial score (nSPS) is 29.2. The predicted molar refractivity (Wildman–Crippen MR) is 75.1 cm³/mol. The Morgan fingerprint density at radius 3 is 2.16 bits per heavy atom. The summed E-state index contributed by atoms with van der Waals surface area (Å²) in [7, 11) is 0. The number of rotatable bonds is 5. The molecule has 0 radical (unpaired) electrons. The summed E-state index contributed by atoms with van der Waals surface area (Å²) in [6, 6.07) is 0. The number of Topliss-reactive ketones (excluding diaryl/α,β-unsaturated/α-hetero) is 1. The van der Waals surface area contributed by atoms with E-state index in [9.17, 15) is 40.3 Å². The number of carbonyl (C=O) groups is 2. The molecule has 0 aromatic carbocycles. The zero-order chi connectivity index (χ0) is 19.5. The molecular formula is C14H16F7NO2S. The van der Waals surface area contributed by atoms with Gasteiger partial charge in [0.1, 0.15) is 5.78 Å². The van der Waals surface area contributed by atoms with Gasteiger partial charge in [-0.05, 0) is 36.1 Å². The summed E-state index contributed by atoms with van der Waals surface area (Å²) in [5, 5.41) is 0. The maximum atomic E-state index is 13.2. The molecule has 2 fully saturated rings. The number of carbonyl (C=O) groups excluding carboxylic acids is 2. The lowest BCUT2D eigenvalue weighted by molar-refractivity contribution is -0.343. The zero-order valence-electron chi connectivity index (χ0n) is 13.3. The number of hydrogen-bond acceptors (Lipinski definition) is 3. The van der Waals surface area contributed by atoms with Crippen molar-refractivity contribution in [2.24, 2.45) is 16.7 Å². The zero-order valence-corrected chi connectivity index (χ0v) is 14.1. The van der Waals surface area contributed by atoms with Gasteiger partial charge < -0.3 is 0 Å². The van der Waals surface area contributed by atoms with E-state index in [-0.39, 0.29) is 29.4 Å². The molecule has 2 aliphatic carbocycles. The van der Waals surface area contributed by atoms with E-state index < -0.39 is 34.8 Å². The molecule has 0 saturated heterocycles. The summed E-state index contributed by atoms with van der Waals surface area (Å²) in [5.74, 6) is -15.4. The average Bonchev–Trinajstić information content (AvgIpc) is 2.80. The number of alkyl halides is 7. The Bertz CT molecular complexity index is 590. The van der Waals surface area contributed by atoms with Crippen LogP contribution in [0.4, 0.5) is 30.7 Å². The monoisotopic (exact) mass is 395 g/mol. The van der Waals surface area contributed by atoms with E-state index in [1.165, 1.54) is 4.72 Å². The van der Waals surface area contributed by atoms with Crippen LogP contribution >= 0.6 is 11.9 Å². The van der Waals surface area contributed by atoms with Crippen LogP contribution < -0.4 is 4.72 Å². The van der Waals surface area contributed by atoms with Gasteiger partial charge in [-0.25, -0.2) is 0 Å². The minimum atomic E-state index is -6.57. The summed E-state index contributed by atoms with van der Waals surface area (Å²) < 4.78 is 89.7. The van der Waals surface area contributed by atoms with E-state index in [1.807, 2.05) is 13.8 Å². The van der Waals surface area contributed by atoms with E-state index in [1.54, 1.807) is 0 Å². The van der Waals surface area contributed by atoms with Crippen LogP contribution in [0.5, 0.6) is 0 Å². The maximum Gasteiger partial charge on any atom is 0.460 e. The van der Waals surface area contributed by atoms with Gasteiger partial charge in [0.05, 0.1) is 0 Å². The Labute approximate surface area is 143 Å². The van der Waals surface area contributed by atoms with Crippen molar-refractivity contribution >= 4 is 23.6 Å². The number of amides is 1. The molecule has 2 unspecified atom stereocenters. The van der Waals surface area contributed by atoms with Crippen molar-refractivity contribution in [2.75, 3.05) is 5.75 Å². The highest BCUT2D eigenvalue weighted by molar-refractivity contribution is 7.98. The first-order chi connectivity index (χ1) is 11.1. The van der Waals surface area contributed by atoms with Crippen molar-refractivity contribution in [1.82, 2.24) is 4.72 Å². The second-order valence-electron chi connectivity index (χ2n) is 7.03. The fraction of sp³-hybridized carbons (Fsp3) is 0.857. The van der Waals surface area contributed by atoms with Crippen molar-refractivity contribution in [1.29, 1.82) is 0 Å². The van der Waals surface area contributed by atoms with Gasteiger partial charge in [0.2, 0.25) is 0 Å². The van der Waals surface area contributed by atoms with Gasteiger partial charge in [0, 0.05) is 17.6 Å². The molecule has 0 aromatic heterocycles. The highest BCUT2D eigenvalue weighted by atomic mass is 32.2. The number of hydrogen-bond donors (Lipinski definition) is 1. The quantitative estimate of drug-likeness (QED) is 0.566. The van der Waals surface area contributed by atoms with E-state index in [4.69, 9.17) is 0 Å².